The maximum Gasteiger partial charge on any atom is 0.316 e. The van der Waals surface area contributed by atoms with E-state index in [0.29, 0.717) is 12.2 Å². The smallest absolute Gasteiger partial charge is 0.316 e. The second-order valence-corrected chi connectivity index (χ2v) is 4.09. The van der Waals surface area contributed by atoms with E-state index >= 15 is 0 Å². The number of nitrogens with one attached hydrogen (secondary N) is 1. The molecule has 100 valence electrons. The average molecular weight is 254 g/mol. The lowest BCUT2D eigenvalue weighted by Gasteiger charge is -2.28. The van der Waals surface area contributed by atoms with Crippen LogP contribution in [0.25, 0.3) is 0 Å². The Morgan fingerprint density at radius 3 is 2.67 bits per heavy atom. The molecule has 0 spiro atoms. The summed E-state index contributed by atoms with van der Waals surface area (Å²) in [5, 5.41) is 20.2. The Morgan fingerprint density at radius 1 is 1.56 bits per heavy atom. The van der Waals surface area contributed by atoms with E-state index in [4.69, 9.17) is 10.9 Å². The summed E-state index contributed by atoms with van der Waals surface area (Å²) < 4.78 is 0. The molecule has 0 atom stereocenters. The van der Waals surface area contributed by atoms with Crippen LogP contribution in [-0.4, -0.2) is 29.2 Å². The number of nitrogens with zero attached hydrogens (tertiary/aromatic N) is 2. The molecule has 4 N–H and O–H groups in total. The maximum atomic E-state index is 11.2. The quantitative estimate of drug-likeness (QED) is 0.398. The first kappa shape index (κ1) is 14.2. The van der Waals surface area contributed by atoms with Gasteiger partial charge in [-0.3, -0.25) is 16.0 Å². The fourth-order valence-electron chi connectivity index (χ4n) is 1.84. The predicted molar refractivity (Wildman–Crippen MR) is 70.5 cm³/mol. The molecule has 0 fully saturated rings. The molecule has 0 saturated carbocycles. The van der Waals surface area contributed by atoms with Gasteiger partial charge in [-0.25, -0.2) is 0 Å². The topological polar surface area (TPSA) is 105 Å². The monoisotopic (exact) mass is 254 g/mol. The molecule has 0 aromatic heterocycles. The standard InChI is InChI=1S/C11H18N4O3/c1-8(2)14(6-7-16)10-5-3-4-9(13-12)11(10)15(17)18/h3-5,8,13,16H,6-7,12H2,1-2H3. The van der Waals surface area contributed by atoms with Crippen molar-refractivity contribution in [3.63, 3.8) is 0 Å². The van der Waals surface area contributed by atoms with Gasteiger partial charge in [0.1, 0.15) is 11.4 Å². The van der Waals surface area contributed by atoms with Gasteiger partial charge >= 0.3 is 5.69 Å². The third-order valence-corrected chi connectivity index (χ3v) is 2.63. The van der Waals surface area contributed by atoms with Crippen LogP contribution in [-0.2, 0) is 0 Å². The zero-order valence-corrected chi connectivity index (χ0v) is 10.5. The van der Waals surface area contributed by atoms with E-state index in [0.717, 1.165) is 0 Å². The van der Waals surface area contributed by atoms with Gasteiger partial charge in [-0.15, -0.1) is 0 Å². The summed E-state index contributed by atoms with van der Waals surface area (Å²) in [6.45, 7) is 4.06. The molecule has 0 amide bonds. The van der Waals surface area contributed by atoms with Gasteiger partial charge in [-0.2, -0.15) is 0 Å². The van der Waals surface area contributed by atoms with Crippen molar-refractivity contribution >= 4 is 17.1 Å². The zero-order valence-electron chi connectivity index (χ0n) is 10.5. The van der Waals surface area contributed by atoms with Gasteiger partial charge in [0.15, 0.2) is 0 Å². The van der Waals surface area contributed by atoms with Crippen LogP contribution in [0.15, 0.2) is 18.2 Å². The Labute approximate surface area is 105 Å². The molecule has 0 unspecified atom stereocenters. The summed E-state index contributed by atoms with van der Waals surface area (Å²) in [4.78, 5) is 12.4. The molecule has 1 aromatic rings. The van der Waals surface area contributed by atoms with Crippen molar-refractivity contribution in [3.8, 4) is 0 Å². The first-order valence-corrected chi connectivity index (χ1v) is 5.64. The summed E-state index contributed by atoms with van der Waals surface area (Å²) in [6, 6.07) is 4.90. The molecule has 0 aliphatic rings. The number of nitro groups is 1. The molecule has 0 saturated heterocycles. The lowest BCUT2D eigenvalue weighted by molar-refractivity contribution is -0.383. The minimum absolute atomic E-state index is 0.0314. The Balaban J connectivity index is 3.32. The number of hydrogen-bond acceptors (Lipinski definition) is 6. The number of nitrogen functional groups attached to an aromatic ring is 1. The van der Waals surface area contributed by atoms with E-state index in [2.05, 4.69) is 5.43 Å². The van der Waals surface area contributed by atoms with Gasteiger partial charge < -0.3 is 15.4 Å². The van der Waals surface area contributed by atoms with Crippen molar-refractivity contribution < 1.29 is 10.0 Å². The van der Waals surface area contributed by atoms with Crippen LogP contribution in [0.1, 0.15) is 13.8 Å². The molecule has 0 bridgehead atoms. The predicted octanol–water partition coefficient (Wildman–Crippen LogP) is 1.09. The molecule has 7 nitrogen and oxygen atoms in total. The third-order valence-electron chi connectivity index (χ3n) is 2.63. The highest BCUT2D eigenvalue weighted by Crippen LogP contribution is 2.35. The van der Waals surface area contributed by atoms with Crippen LogP contribution in [0.5, 0.6) is 0 Å². The van der Waals surface area contributed by atoms with Gasteiger partial charge in [-0.1, -0.05) is 6.07 Å². The second-order valence-electron chi connectivity index (χ2n) is 4.09. The number of aliphatic hydroxyl groups excluding tert-OH is 1. The zero-order chi connectivity index (χ0) is 13.7. The molecule has 0 radical (unpaired) electrons. The first-order valence-electron chi connectivity index (χ1n) is 5.64. The lowest BCUT2D eigenvalue weighted by atomic mass is 10.2. The summed E-state index contributed by atoms with van der Waals surface area (Å²) in [5.41, 5.74) is 2.94. The minimum atomic E-state index is -0.475. The summed E-state index contributed by atoms with van der Waals surface area (Å²) in [5.74, 6) is 5.29. The van der Waals surface area contributed by atoms with E-state index in [1.807, 2.05) is 13.8 Å². The van der Waals surface area contributed by atoms with Gasteiger partial charge in [0.2, 0.25) is 0 Å². The van der Waals surface area contributed by atoms with Crippen molar-refractivity contribution in [2.45, 2.75) is 19.9 Å². The first-order chi connectivity index (χ1) is 8.52. The van der Waals surface area contributed by atoms with Crippen LogP contribution >= 0.6 is 0 Å². The van der Waals surface area contributed by atoms with Crippen LogP contribution in [0.4, 0.5) is 17.1 Å². The highest BCUT2D eigenvalue weighted by Gasteiger charge is 2.24. The number of para-hydroxylation sites is 1. The lowest BCUT2D eigenvalue weighted by Crippen LogP contribution is -2.34. The largest absolute Gasteiger partial charge is 0.395 e. The average Bonchev–Trinajstić information content (AvgIpc) is 2.34. The maximum absolute atomic E-state index is 11.2. The molecule has 0 heterocycles. The van der Waals surface area contributed by atoms with E-state index in [9.17, 15) is 10.1 Å². The van der Waals surface area contributed by atoms with Crippen LogP contribution in [0.2, 0.25) is 0 Å². The number of nitro benzene ring substituents is 1. The molecule has 7 heteroatoms. The summed E-state index contributed by atoms with van der Waals surface area (Å²) in [7, 11) is 0. The normalized spacial score (nSPS) is 10.5. The highest BCUT2D eigenvalue weighted by atomic mass is 16.6. The molecular formula is C11H18N4O3. The van der Waals surface area contributed by atoms with E-state index in [-0.39, 0.29) is 24.0 Å². The van der Waals surface area contributed by atoms with E-state index < -0.39 is 4.92 Å². The van der Waals surface area contributed by atoms with Gasteiger partial charge in [0, 0.05) is 12.6 Å². The van der Waals surface area contributed by atoms with Crippen molar-refractivity contribution in [2.24, 2.45) is 5.84 Å². The number of nitrogens with two attached hydrogens (primary N) is 1. The van der Waals surface area contributed by atoms with Crippen LogP contribution < -0.4 is 16.2 Å². The minimum Gasteiger partial charge on any atom is -0.395 e. The molecule has 18 heavy (non-hydrogen) atoms. The second kappa shape index (κ2) is 6.18. The Kier molecular flexibility index (Phi) is 4.87. The Morgan fingerprint density at radius 2 is 2.22 bits per heavy atom. The molecule has 1 aromatic carbocycles. The fourth-order valence-corrected chi connectivity index (χ4v) is 1.84. The van der Waals surface area contributed by atoms with Gasteiger partial charge in [-0.05, 0) is 26.0 Å². The van der Waals surface area contributed by atoms with Gasteiger partial charge in [0.25, 0.3) is 0 Å². The summed E-state index contributed by atoms with van der Waals surface area (Å²) >= 11 is 0. The SMILES string of the molecule is CC(C)N(CCO)c1cccc(NN)c1[N+](=O)[O-]. The third kappa shape index (κ3) is 2.88. The highest BCUT2D eigenvalue weighted by molar-refractivity contribution is 5.76. The Hall–Kier alpha value is -1.86. The molecular weight excluding hydrogens is 236 g/mol. The van der Waals surface area contributed by atoms with E-state index in [1.165, 1.54) is 0 Å². The number of hydrazine groups is 1. The van der Waals surface area contributed by atoms with Crippen LogP contribution in [0, 0.1) is 10.1 Å². The number of benzene rings is 1. The molecule has 0 aliphatic carbocycles. The molecule has 1 rings (SSSR count). The van der Waals surface area contributed by atoms with Crippen molar-refractivity contribution in [1.29, 1.82) is 0 Å². The van der Waals surface area contributed by atoms with E-state index in [1.54, 1.807) is 23.1 Å². The molecule has 0 aliphatic heterocycles. The number of rotatable bonds is 6. The number of anilines is 2. The van der Waals surface area contributed by atoms with Crippen molar-refractivity contribution in [1.82, 2.24) is 0 Å². The fraction of sp³-hybridized carbons (Fsp3) is 0.455. The van der Waals surface area contributed by atoms with Gasteiger partial charge in [0.05, 0.1) is 11.5 Å². The van der Waals surface area contributed by atoms with Crippen molar-refractivity contribution in [2.75, 3.05) is 23.5 Å². The van der Waals surface area contributed by atoms with Crippen molar-refractivity contribution in [3.05, 3.63) is 28.3 Å². The Bertz CT molecular complexity index is 423. The van der Waals surface area contributed by atoms with Crippen LogP contribution in [0.3, 0.4) is 0 Å². The number of aliphatic hydroxyl groups is 1. The number of hydrogen-bond donors (Lipinski definition) is 3. The summed E-state index contributed by atoms with van der Waals surface area (Å²) in [6.07, 6.45) is 0.